The van der Waals surface area contributed by atoms with Crippen LogP contribution in [0.3, 0.4) is 0 Å². The number of pyridine rings is 1. The number of hydrogen-bond acceptors (Lipinski definition) is 4. The molecule has 0 atom stereocenters. The summed E-state index contributed by atoms with van der Waals surface area (Å²) < 4.78 is 11.5. The minimum absolute atomic E-state index is 0.276. The second-order valence-corrected chi connectivity index (χ2v) is 5.14. The molecule has 0 aromatic carbocycles. The van der Waals surface area contributed by atoms with Crippen LogP contribution in [0.4, 0.5) is 0 Å². The third-order valence-corrected chi connectivity index (χ3v) is 4.02. The van der Waals surface area contributed by atoms with E-state index in [0.717, 1.165) is 44.6 Å². The molecule has 0 bridgehead atoms. The van der Waals surface area contributed by atoms with Crippen molar-refractivity contribution in [1.29, 1.82) is 0 Å². The molecule has 0 unspecified atom stereocenters. The van der Waals surface area contributed by atoms with Crippen molar-refractivity contribution in [2.24, 2.45) is 5.73 Å². The molecular formula is C14H20N2O2. The van der Waals surface area contributed by atoms with E-state index in [-0.39, 0.29) is 5.79 Å². The molecule has 1 aromatic rings. The highest BCUT2D eigenvalue weighted by atomic mass is 16.7. The number of nitrogens with two attached hydrogens (primary N) is 1. The summed E-state index contributed by atoms with van der Waals surface area (Å²) in [6.07, 6.45) is 4.13. The quantitative estimate of drug-likeness (QED) is 0.869. The van der Waals surface area contributed by atoms with E-state index < -0.39 is 0 Å². The topological polar surface area (TPSA) is 57.4 Å². The van der Waals surface area contributed by atoms with Crippen molar-refractivity contribution in [3.05, 3.63) is 29.6 Å². The van der Waals surface area contributed by atoms with Crippen LogP contribution < -0.4 is 5.73 Å². The first-order valence-corrected chi connectivity index (χ1v) is 6.75. The zero-order valence-electron chi connectivity index (χ0n) is 10.6. The number of hydrogen-bond donors (Lipinski definition) is 1. The van der Waals surface area contributed by atoms with E-state index in [2.05, 4.69) is 17.1 Å². The number of ether oxygens (including phenoxy) is 2. The molecule has 4 nitrogen and oxygen atoms in total. The average Bonchev–Trinajstić information content (AvgIpc) is 2.88. The highest BCUT2D eigenvalue weighted by Gasteiger charge is 2.40. The van der Waals surface area contributed by atoms with Gasteiger partial charge in [0, 0.05) is 31.0 Å². The molecular weight excluding hydrogens is 228 g/mol. The Balaban J connectivity index is 1.68. The molecule has 1 aliphatic carbocycles. The summed E-state index contributed by atoms with van der Waals surface area (Å²) in [5.41, 5.74) is 7.79. The highest BCUT2D eigenvalue weighted by molar-refractivity contribution is 5.15. The molecule has 2 aliphatic rings. The van der Waals surface area contributed by atoms with Crippen LogP contribution in [0.15, 0.2) is 18.2 Å². The van der Waals surface area contributed by atoms with E-state index in [4.69, 9.17) is 15.2 Å². The number of rotatable bonds is 2. The standard InChI is InChI=1S/C14H20N2O2/c15-10-12-2-1-3-13(16-12)11-4-6-14(7-5-11)17-8-9-18-14/h1-3,11H,4-10,15H2. The fraction of sp³-hybridized carbons (Fsp3) is 0.643. The summed E-state index contributed by atoms with van der Waals surface area (Å²) in [4.78, 5) is 4.62. The lowest BCUT2D eigenvalue weighted by molar-refractivity contribution is -0.178. The number of aromatic nitrogens is 1. The Labute approximate surface area is 107 Å². The minimum Gasteiger partial charge on any atom is -0.348 e. The molecule has 98 valence electrons. The first-order chi connectivity index (χ1) is 8.81. The van der Waals surface area contributed by atoms with Crippen molar-refractivity contribution < 1.29 is 9.47 Å². The monoisotopic (exact) mass is 248 g/mol. The Morgan fingerprint density at radius 2 is 1.94 bits per heavy atom. The van der Waals surface area contributed by atoms with Crippen LogP contribution >= 0.6 is 0 Å². The van der Waals surface area contributed by atoms with Crippen molar-refractivity contribution in [1.82, 2.24) is 4.98 Å². The van der Waals surface area contributed by atoms with E-state index >= 15 is 0 Å². The molecule has 4 heteroatoms. The summed E-state index contributed by atoms with van der Waals surface area (Å²) in [7, 11) is 0. The van der Waals surface area contributed by atoms with Crippen molar-refractivity contribution in [3.8, 4) is 0 Å². The average molecular weight is 248 g/mol. The molecule has 1 saturated carbocycles. The Bertz CT molecular complexity index is 406. The molecule has 18 heavy (non-hydrogen) atoms. The van der Waals surface area contributed by atoms with E-state index in [1.54, 1.807) is 0 Å². The van der Waals surface area contributed by atoms with Gasteiger partial charge in [-0.25, -0.2) is 0 Å². The lowest BCUT2D eigenvalue weighted by Gasteiger charge is -2.35. The van der Waals surface area contributed by atoms with Gasteiger partial charge in [-0.1, -0.05) is 6.07 Å². The van der Waals surface area contributed by atoms with Gasteiger partial charge in [0.2, 0.25) is 0 Å². The molecule has 1 aromatic heterocycles. The second-order valence-electron chi connectivity index (χ2n) is 5.14. The van der Waals surface area contributed by atoms with Gasteiger partial charge in [-0.15, -0.1) is 0 Å². The van der Waals surface area contributed by atoms with Crippen LogP contribution in [0.1, 0.15) is 43.0 Å². The van der Waals surface area contributed by atoms with Gasteiger partial charge in [0.25, 0.3) is 0 Å². The van der Waals surface area contributed by atoms with Gasteiger partial charge in [-0.2, -0.15) is 0 Å². The maximum absolute atomic E-state index is 5.75. The largest absolute Gasteiger partial charge is 0.348 e. The maximum Gasteiger partial charge on any atom is 0.168 e. The van der Waals surface area contributed by atoms with E-state index in [1.807, 2.05) is 6.07 Å². The van der Waals surface area contributed by atoms with Crippen molar-refractivity contribution >= 4 is 0 Å². The van der Waals surface area contributed by atoms with Crippen LogP contribution in [0.5, 0.6) is 0 Å². The summed E-state index contributed by atoms with van der Waals surface area (Å²) >= 11 is 0. The second kappa shape index (κ2) is 4.96. The summed E-state index contributed by atoms with van der Waals surface area (Å²) in [5.74, 6) is 0.247. The van der Waals surface area contributed by atoms with Crippen LogP contribution in [-0.4, -0.2) is 24.0 Å². The molecule has 2 heterocycles. The van der Waals surface area contributed by atoms with Crippen LogP contribution in [0.2, 0.25) is 0 Å². The SMILES string of the molecule is NCc1cccc(C2CCC3(CC2)OCCO3)n1. The van der Waals surface area contributed by atoms with Crippen LogP contribution in [-0.2, 0) is 16.0 Å². The molecule has 1 aliphatic heterocycles. The van der Waals surface area contributed by atoms with Gasteiger partial charge in [-0.05, 0) is 25.0 Å². The maximum atomic E-state index is 5.75. The Hall–Kier alpha value is -0.970. The van der Waals surface area contributed by atoms with Gasteiger partial charge >= 0.3 is 0 Å². The van der Waals surface area contributed by atoms with Crippen LogP contribution in [0, 0.1) is 0 Å². The minimum atomic E-state index is -0.276. The predicted octanol–water partition coefficient (Wildman–Crippen LogP) is 1.94. The molecule has 0 amide bonds. The zero-order valence-corrected chi connectivity index (χ0v) is 10.6. The Morgan fingerprint density at radius 3 is 2.61 bits per heavy atom. The summed E-state index contributed by atoms with van der Waals surface area (Å²) in [6.45, 7) is 1.99. The van der Waals surface area contributed by atoms with Crippen LogP contribution in [0.25, 0.3) is 0 Å². The third kappa shape index (κ3) is 2.28. The van der Waals surface area contributed by atoms with E-state index in [9.17, 15) is 0 Å². The first-order valence-electron chi connectivity index (χ1n) is 6.75. The van der Waals surface area contributed by atoms with E-state index in [1.165, 1.54) is 5.69 Å². The molecule has 3 rings (SSSR count). The molecule has 2 fully saturated rings. The highest BCUT2D eigenvalue weighted by Crippen LogP contribution is 2.41. The third-order valence-electron chi connectivity index (χ3n) is 4.02. The summed E-state index contributed by atoms with van der Waals surface area (Å²) in [6, 6.07) is 6.15. The fourth-order valence-corrected chi connectivity index (χ4v) is 2.98. The summed E-state index contributed by atoms with van der Waals surface area (Å²) in [5, 5.41) is 0. The van der Waals surface area contributed by atoms with Gasteiger partial charge in [-0.3, -0.25) is 4.98 Å². The molecule has 1 saturated heterocycles. The normalized spacial score (nSPS) is 23.6. The fourth-order valence-electron chi connectivity index (χ4n) is 2.98. The zero-order chi connectivity index (χ0) is 12.4. The van der Waals surface area contributed by atoms with E-state index in [0.29, 0.717) is 12.5 Å². The van der Waals surface area contributed by atoms with Gasteiger partial charge < -0.3 is 15.2 Å². The van der Waals surface area contributed by atoms with Gasteiger partial charge in [0.1, 0.15) is 0 Å². The first kappa shape index (κ1) is 12.1. The number of nitrogens with zero attached hydrogens (tertiary/aromatic N) is 1. The smallest absolute Gasteiger partial charge is 0.168 e. The lowest BCUT2D eigenvalue weighted by Crippen LogP contribution is -2.34. The Kier molecular flexibility index (Phi) is 3.33. The van der Waals surface area contributed by atoms with Crippen molar-refractivity contribution in [2.45, 2.75) is 43.9 Å². The van der Waals surface area contributed by atoms with Crippen molar-refractivity contribution in [2.75, 3.05) is 13.2 Å². The van der Waals surface area contributed by atoms with Crippen molar-refractivity contribution in [3.63, 3.8) is 0 Å². The lowest BCUT2D eigenvalue weighted by atomic mass is 9.83. The Morgan fingerprint density at radius 1 is 1.22 bits per heavy atom. The molecule has 0 radical (unpaired) electrons. The predicted molar refractivity (Wildman–Crippen MR) is 68.0 cm³/mol. The van der Waals surface area contributed by atoms with Gasteiger partial charge in [0.15, 0.2) is 5.79 Å². The molecule has 2 N–H and O–H groups in total. The van der Waals surface area contributed by atoms with Gasteiger partial charge in [0.05, 0.1) is 18.9 Å². The molecule has 1 spiro atoms.